The molecule has 7 heteroatoms. The fourth-order valence-electron chi connectivity index (χ4n) is 2.94. The van der Waals surface area contributed by atoms with Gasteiger partial charge in [-0.05, 0) is 41.5 Å². The fourth-order valence-corrected chi connectivity index (χ4v) is 2.94. The average Bonchev–Trinajstić information content (AvgIpc) is 3.28. The Morgan fingerprint density at radius 3 is 2.55 bits per heavy atom. The Morgan fingerprint density at radius 1 is 1.00 bits per heavy atom. The first-order valence-corrected chi connectivity index (χ1v) is 7.50. The Hall–Kier alpha value is -2.70. The van der Waals surface area contributed by atoms with E-state index >= 15 is 0 Å². The number of piperidine rings is 1. The van der Waals surface area contributed by atoms with Gasteiger partial charge in [-0.15, -0.1) is 0 Å². The van der Waals surface area contributed by atoms with Crippen LogP contribution in [0.5, 0.6) is 0 Å². The van der Waals surface area contributed by atoms with Gasteiger partial charge in [0.2, 0.25) is 5.95 Å². The monoisotopic (exact) mass is 295 g/mol. The fraction of sp³-hybridized carbons (Fsp3) is 0.333. The molecule has 1 aliphatic rings. The number of hydrogen-bond acceptors (Lipinski definition) is 5. The maximum atomic E-state index is 4.35. The summed E-state index contributed by atoms with van der Waals surface area (Å²) in [5.74, 6) is 0.810. The second kappa shape index (κ2) is 5.59. The van der Waals surface area contributed by atoms with Crippen LogP contribution in [0.15, 0.2) is 48.8 Å². The minimum absolute atomic E-state index is 0.465. The molecule has 0 bridgehead atoms. The van der Waals surface area contributed by atoms with E-state index in [9.17, 15) is 0 Å². The molecule has 0 unspecified atom stereocenters. The lowest BCUT2D eigenvalue weighted by atomic mass is 10.1. The molecule has 0 spiro atoms. The molecule has 2 aromatic heterocycles. The van der Waals surface area contributed by atoms with Crippen molar-refractivity contribution in [2.24, 2.45) is 0 Å². The number of anilines is 1. The molecular formula is C15H17N7. The molecule has 112 valence electrons. The van der Waals surface area contributed by atoms with Gasteiger partial charge in [-0.3, -0.25) is 4.68 Å². The first-order chi connectivity index (χ1) is 10.9. The molecule has 0 radical (unpaired) electrons. The van der Waals surface area contributed by atoms with Gasteiger partial charge in [0, 0.05) is 25.5 Å². The molecule has 0 amide bonds. The zero-order valence-corrected chi connectivity index (χ0v) is 12.2. The van der Waals surface area contributed by atoms with E-state index in [2.05, 4.69) is 30.2 Å². The zero-order chi connectivity index (χ0) is 14.8. The highest BCUT2D eigenvalue weighted by Crippen LogP contribution is 2.25. The van der Waals surface area contributed by atoms with Gasteiger partial charge in [-0.25, -0.2) is 0 Å². The molecule has 1 fully saturated rings. The third-order valence-electron chi connectivity index (χ3n) is 4.10. The minimum atomic E-state index is 0.465. The summed E-state index contributed by atoms with van der Waals surface area (Å²) in [4.78, 5) is 2.24. The van der Waals surface area contributed by atoms with Crippen molar-refractivity contribution in [3.63, 3.8) is 0 Å². The Bertz CT molecular complexity index is 711. The molecule has 3 aromatic rings. The van der Waals surface area contributed by atoms with Crippen LogP contribution in [-0.2, 0) is 0 Å². The first kappa shape index (κ1) is 13.0. The van der Waals surface area contributed by atoms with Crippen LogP contribution < -0.4 is 4.90 Å². The maximum absolute atomic E-state index is 4.35. The normalized spacial score (nSPS) is 16.1. The number of tetrazole rings is 1. The molecule has 3 heterocycles. The lowest BCUT2D eigenvalue weighted by molar-refractivity contribution is 0.364. The van der Waals surface area contributed by atoms with Gasteiger partial charge in [-0.1, -0.05) is 23.3 Å². The topological polar surface area (TPSA) is 64.7 Å². The Morgan fingerprint density at radius 2 is 1.82 bits per heavy atom. The molecule has 22 heavy (non-hydrogen) atoms. The number of rotatable bonds is 3. The van der Waals surface area contributed by atoms with Crippen molar-refractivity contribution in [2.75, 3.05) is 18.0 Å². The van der Waals surface area contributed by atoms with E-state index < -0.39 is 0 Å². The van der Waals surface area contributed by atoms with Gasteiger partial charge >= 0.3 is 0 Å². The Balaban J connectivity index is 1.52. The van der Waals surface area contributed by atoms with Crippen LogP contribution >= 0.6 is 0 Å². The number of para-hydroxylation sites is 1. The van der Waals surface area contributed by atoms with Crippen LogP contribution in [0.3, 0.4) is 0 Å². The van der Waals surface area contributed by atoms with Crippen molar-refractivity contribution in [3.05, 3.63) is 48.8 Å². The van der Waals surface area contributed by atoms with Crippen molar-refractivity contribution in [1.82, 2.24) is 30.0 Å². The third kappa shape index (κ3) is 2.34. The predicted molar refractivity (Wildman–Crippen MR) is 81.9 cm³/mol. The van der Waals surface area contributed by atoms with Gasteiger partial charge in [0.15, 0.2) is 0 Å². The SMILES string of the molecule is c1ccc(-n2nnnc2N2CCC(n3cccn3)CC2)cc1. The first-order valence-electron chi connectivity index (χ1n) is 7.50. The number of nitrogens with zero attached hydrogens (tertiary/aromatic N) is 7. The van der Waals surface area contributed by atoms with Gasteiger partial charge in [0.05, 0.1) is 11.7 Å². The summed E-state index contributed by atoms with van der Waals surface area (Å²) in [6.07, 6.45) is 5.96. The summed E-state index contributed by atoms with van der Waals surface area (Å²) in [5, 5.41) is 16.5. The van der Waals surface area contributed by atoms with Crippen LogP contribution in [-0.4, -0.2) is 43.1 Å². The number of benzene rings is 1. The van der Waals surface area contributed by atoms with Gasteiger partial charge in [0.1, 0.15) is 0 Å². The second-order valence-corrected chi connectivity index (χ2v) is 5.43. The van der Waals surface area contributed by atoms with E-state index in [1.807, 2.05) is 48.8 Å². The van der Waals surface area contributed by atoms with Gasteiger partial charge < -0.3 is 4.90 Å². The maximum Gasteiger partial charge on any atom is 0.250 e. The van der Waals surface area contributed by atoms with Crippen molar-refractivity contribution in [3.8, 4) is 5.69 Å². The quantitative estimate of drug-likeness (QED) is 0.736. The van der Waals surface area contributed by atoms with E-state index in [1.165, 1.54) is 0 Å². The number of aromatic nitrogens is 6. The van der Waals surface area contributed by atoms with Crippen LogP contribution in [0.2, 0.25) is 0 Å². The molecule has 0 atom stereocenters. The smallest absolute Gasteiger partial charge is 0.250 e. The van der Waals surface area contributed by atoms with Crippen LogP contribution in [0.1, 0.15) is 18.9 Å². The molecule has 4 rings (SSSR count). The lowest BCUT2D eigenvalue weighted by Gasteiger charge is -2.32. The summed E-state index contributed by atoms with van der Waals surface area (Å²) < 4.78 is 3.85. The second-order valence-electron chi connectivity index (χ2n) is 5.43. The molecule has 1 saturated heterocycles. The predicted octanol–water partition coefficient (Wildman–Crippen LogP) is 1.70. The van der Waals surface area contributed by atoms with Crippen LogP contribution in [0.4, 0.5) is 5.95 Å². The van der Waals surface area contributed by atoms with Crippen molar-refractivity contribution in [2.45, 2.75) is 18.9 Å². The van der Waals surface area contributed by atoms with Crippen LogP contribution in [0, 0.1) is 0 Å². The van der Waals surface area contributed by atoms with E-state index in [0.29, 0.717) is 6.04 Å². The zero-order valence-electron chi connectivity index (χ0n) is 12.2. The van der Waals surface area contributed by atoms with Crippen molar-refractivity contribution in [1.29, 1.82) is 0 Å². The standard InChI is InChI=1S/C15H17N7/c1-2-5-14(6-3-1)22-15(17-18-19-22)20-11-7-13(8-12-20)21-10-4-9-16-21/h1-6,9-10,13H,7-8,11-12H2. The van der Waals surface area contributed by atoms with E-state index in [-0.39, 0.29) is 0 Å². The van der Waals surface area contributed by atoms with E-state index in [1.54, 1.807) is 4.68 Å². The molecule has 7 nitrogen and oxygen atoms in total. The molecule has 0 saturated carbocycles. The molecule has 0 N–H and O–H groups in total. The minimum Gasteiger partial charge on any atom is -0.339 e. The van der Waals surface area contributed by atoms with Crippen molar-refractivity contribution >= 4 is 5.95 Å². The highest BCUT2D eigenvalue weighted by molar-refractivity contribution is 5.40. The Labute approximate surface area is 128 Å². The largest absolute Gasteiger partial charge is 0.339 e. The van der Waals surface area contributed by atoms with E-state index in [4.69, 9.17) is 0 Å². The summed E-state index contributed by atoms with van der Waals surface area (Å²) >= 11 is 0. The molecule has 1 aromatic carbocycles. The van der Waals surface area contributed by atoms with Gasteiger partial charge in [-0.2, -0.15) is 9.78 Å². The molecular weight excluding hydrogens is 278 g/mol. The van der Waals surface area contributed by atoms with Crippen molar-refractivity contribution < 1.29 is 0 Å². The Kier molecular flexibility index (Phi) is 3.30. The van der Waals surface area contributed by atoms with Gasteiger partial charge in [0.25, 0.3) is 0 Å². The van der Waals surface area contributed by atoms with Crippen LogP contribution in [0.25, 0.3) is 5.69 Å². The molecule has 0 aliphatic carbocycles. The lowest BCUT2D eigenvalue weighted by Crippen LogP contribution is -2.36. The van der Waals surface area contributed by atoms with E-state index in [0.717, 1.165) is 37.6 Å². The highest BCUT2D eigenvalue weighted by Gasteiger charge is 2.24. The third-order valence-corrected chi connectivity index (χ3v) is 4.10. The summed E-state index contributed by atoms with van der Waals surface area (Å²) in [7, 11) is 0. The average molecular weight is 295 g/mol. The number of hydrogen-bond donors (Lipinski definition) is 0. The summed E-state index contributed by atoms with van der Waals surface area (Å²) in [5.41, 5.74) is 0.983. The molecule has 1 aliphatic heterocycles. The summed E-state index contributed by atoms with van der Waals surface area (Å²) in [6.45, 7) is 1.86. The summed E-state index contributed by atoms with van der Waals surface area (Å²) in [6, 6.07) is 12.4. The highest BCUT2D eigenvalue weighted by atomic mass is 15.6.